The molecule has 0 fully saturated rings. The predicted octanol–water partition coefficient (Wildman–Crippen LogP) is 4.21. The van der Waals surface area contributed by atoms with E-state index in [1.54, 1.807) is 12.1 Å². The first-order valence-corrected chi connectivity index (χ1v) is 10.0. The van der Waals surface area contributed by atoms with Gasteiger partial charge in [-0.25, -0.2) is 0 Å². The number of anilines is 1. The summed E-state index contributed by atoms with van der Waals surface area (Å²) >= 11 is 5.95. The molecule has 0 radical (unpaired) electrons. The van der Waals surface area contributed by atoms with Crippen molar-refractivity contribution < 1.29 is 14.4 Å². The zero-order valence-electron chi connectivity index (χ0n) is 15.8. The Kier molecular flexibility index (Phi) is 5.49. The molecule has 0 saturated carbocycles. The highest BCUT2D eigenvalue weighted by atomic mass is 35.5. The molecule has 0 aromatic heterocycles. The summed E-state index contributed by atoms with van der Waals surface area (Å²) in [6.45, 7) is 0. The topological polar surface area (TPSA) is 75.3 Å². The minimum Gasteiger partial charge on any atom is -0.329 e. The van der Waals surface area contributed by atoms with Crippen molar-refractivity contribution in [3.05, 3.63) is 76.5 Å². The quantitative estimate of drug-likeness (QED) is 0.795. The first-order chi connectivity index (χ1) is 14.0. The van der Waals surface area contributed by atoms with Crippen LogP contribution in [-0.4, -0.2) is 17.6 Å². The number of carbonyl (C=O) groups is 3. The third kappa shape index (κ3) is 4.40. The number of nitrogens with one attached hydrogen (secondary N) is 2. The van der Waals surface area contributed by atoms with Gasteiger partial charge >= 0.3 is 0 Å². The van der Waals surface area contributed by atoms with Gasteiger partial charge in [0, 0.05) is 34.8 Å². The fourth-order valence-electron chi connectivity index (χ4n) is 4.00. The van der Waals surface area contributed by atoms with Crippen molar-refractivity contribution in [2.45, 2.75) is 31.6 Å². The lowest BCUT2D eigenvalue weighted by atomic mass is 9.77. The van der Waals surface area contributed by atoms with Crippen LogP contribution in [0.15, 0.2) is 65.9 Å². The van der Waals surface area contributed by atoms with Gasteiger partial charge in [0.1, 0.15) is 0 Å². The number of ketones is 1. The summed E-state index contributed by atoms with van der Waals surface area (Å²) in [4.78, 5) is 37.7. The third-order valence-electron chi connectivity index (χ3n) is 5.51. The van der Waals surface area contributed by atoms with E-state index in [1.165, 1.54) is 0 Å². The lowest BCUT2D eigenvalue weighted by Crippen LogP contribution is -2.41. The molecule has 2 unspecified atom stereocenters. The van der Waals surface area contributed by atoms with E-state index in [0.29, 0.717) is 41.2 Å². The molecule has 6 heteroatoms. The number of amides is 2. The summed E-state index contributed by atoms with van der Waals surface area (Å²) in [5.74, 6) is -0.899. The van der Waals surface area contributed by atoms with Gasteiger partial charge < -0.3 is 10.6 Å². The van der Waals surface area contributed by atoms with Gasteiger partial charge in [-0.05, 0) is 48.6 Å². The molecule has 0 spiro atoms. The van der Waals surface area contributed by atoms with Gasteiger partial charge in [0.15, 0.2) is 5.78 Å². The molecular weight excluding hydrogens is 388 g/mol. The van der Waals surface area contributed by atoms with Gasteiger partial charge in [0.2, 0.25) is 11.8 Å². The van der Waals surface area contributed by atoms with Crippen molar-refractivity contribution in [1.29, 1.82) is 0 Å². The van der Waals surface area contributed by atoms with E-state index in [1.807, 2.05) is 42.5 Å². The van der Waals surface area contributed by atoms with Crippen molar-refractivity contribution in [2.24, 2.45) is 5.92 Å². The van der Waals surface area contributed by atoms with Crippen LogP contribution in [0.4, 0.5) is 5.69 Å². The van der Waals surface area contributed by atoms with E-state index in [9.17, 15) is 14.4 Å². The molecule has 2 aromatic carbocycles. The third-order valence-corrected chi connectivity index (χ3v) is 5.76. The highest BCUT2D eigenvalue weighted by Gasteiger charge is 2.37. The second kappa shape index (κ2) is 8.21. The molecule has 2 N–H and O–H groups in total. The molecule has 1 aliphatic heterocycles. The molecule has 1 aliphatic carbocycles. The Hall–Kier alpha value is -2.92. The van der Waals surface area contributed by atoms with Crippen LogP contribution in [0, 0.1) is 5.92 Å². The summed E-state index contributed by atoms with van der Waals surface area (Å²) in [7, 11) is 0. The summed E-state index contributed by atoms with van der Waals surface area (Å²) in [6.07, 6.45) is 1.37. The van der Waals surface area contributed by atoms with Crippen molar-refractivity contribution >= 4 is 34.9 Å². The molecular formula is C23H21ClN2O3. The highest BCUT2D eigenvalue weighted by Crippen LogP contribution is 2.38. The minimum absolute atomic E-state index is 0.0248. The molecule has 2 aromatic rings. The molecule has 4 rings (SSSR count). The average Bonchev–Trinajstić information content (AvgIpc) is 2.70. The van der Waals surface area contributed by atoms with Gasteiger partial charge in [-0.3, -0.25) is 14.4 Å². The van der Waals surface area contributed by atoms with Crippen LogP contribution in [0.3, 0.4) is 0 Å². The normalized spacial score (nSPS) is 21.4. The monoisotopic (exact) mass is 408 g/mol. The Morgan fingerprint density at radius 3 is 2.45 bits per heavy atom. The van der Waals surface area contributed by atoms with E-state index in [4.69, 9.17) is 11.6 Å². The van der Waals surface area contributed by atoms with Gasteiger partial charge in [-0.1, -0.05) is 41.9 Å². The molecule has 0 bridgehead atoms. The molecule has 5 nitrogen and oxygen atoms in total. The standard InChI is InChI=1S/C23H21ClN2O3/c24-17-8-6-14(7-9-17)15-11-20-19(21(27)12-15)10-16(23(29)26-20)13-22(28)25-18-4-2-1-3-5-18/h1-9,15-16H,10-13H2,(H,25,28)(H,26,29). The number of hydrogen-bond donors (Lipinski definition) is 2. The minimum atomic E-state index is -0.534. The van der Waals surface area contributed by atoms with Crippen LogP contribution in [-0.2, 0) is 14.4 Å². The molecule has 2 atom stereocenters. The van der Waals surface area contributed by atoms with Crippen molar-refractivity contribution in [3.8, 4) is 0 Å². The largest absolute Gasteiger partial charge is 0.329 e. The zero-order chi connectivity index (χ0) is 20.4. The van der Waals surface area contributed by atoms with Gasteiger partial charge in [-0.15, -0.1) is 0 Å². The molecule has 148 valence electrons. The first kappa shape index (κ1) is 19.4. The number of allylic oxidation sites excluding steroid dienone is 2. The van der Waals surface area contributed by atoms with Crippen LogP contribution < -0.4 is 10.6 Å². The van der Waals surface area contributed by atoms with Crippen LogP contribution in [0.2, 0.25) is 5.02 Å². The number of para-hydroxylation sites is 1. The maximum absolute atomic E-state index is 12.8. The second-order valence-corrected chi connectivity index (χ2v) is 7.98. The van der Waals surface area contributed by atoms with Crippen LogP contribution in [0.1, 0.15) is 37.2 Å². The van der Waals surface area contributed by atoms with Crippen molar-refractivity contribution in [2.75, 3.05) is 5.32 Å². The SMILES string of the molecule is O=C(CC1CC2=C(CC(c3ccc(Cl)cc3)CC2=O)NC1=O)Nc1ccccc1. The van der Waals surface area contributed by atoms with Crippen molar-refractivity contribution in [1.82, 2.24) is 5.32 Å². The molecule has 1 heterocycles. The smallest absolute Gasteiger partial charge is 0.228 e. The molecule has 2 aliphatic rings. The maximum atomic E-state index is 12.8. The molecule has 29 heavy (non-hydrogen) atoms. The number of Topliss-reactive ketones (excluding diaryl/α,β-unsaturated/α-hetero) is 1. The second-order valence-electron chi connectivity index (χ2n) is 7.55. The Balaban J connectivity index is 1.44. The Morgan fingerprint density at radius 1 is 1.00 bits per heavy atom. The summed E-state index contributed by atoms with van der Waals surface area (Å²) in [5, 5.41) is 6.34. The first-order valence-electron chi connectivity index (χ1n) is 9.66. The van der Waals surface area contributed by atoms with Gasteiger partial charge in [0.25, 0.3) is 0 Å². The van der Waals surface area contributed by atoms with E-state index >= 15 is 0 Å². The average molecular weight is 409 g/mol. The summed E-state index contributed by atoms with van der Waals surface area (Å²) < 4.78 is 0. The summed E-state index contributed by atoms with van der Waals surface area (Å²) in [6, 6.07) is 16.6. The fraction of sp³-hybridized carbons (Fsp3) is 0.261. The van der Waals surface area contributed by atoms with E-state index < -0.39 is 5.92 Å². The Morgan fingerprint density at radius 2 is 1.72 bits per heavy atom. The van der Waals surface area contributed by atoms with Crippen molar-refractivity contribution in [3.63, 3.8) is 0 Å². The van der Waals surface area contributed by atoms with E-state index in [-0.39, 0.29) is 29.9 Å². The lowest BCUT2D eigenvalue weighted by Gasteiger charge is -2.33. The van der Waals surface area contributed by atoms with E-state index in [0.717, 1.165) is 5.56 Å². The van der Waals surface area contributed by atoms with Gasteiger partial charge in [0.05, 0.1) is 5.92 Å². The zero-order valence-corrected chi connectivity index (χ0v) is 16.5. The summed E-state index contributed by atoms with van der Waals surface area (Å²) in [5.41, 5.74) is 3.08. The number of benzene rings is 2. The predicted molar refractivity (Wildman–Crippen MR) is 111 cm³/mol. The fourth-order valence-corrected chi connectivity index (χ4v) is 4.13. The maximum Gasteiger partial charge on any atom is 0.228 e. The molecule has 2 amide bonds. The Bertz CT molecular complexity index is 983. The number of hydrogen-bond acceptors (Lipinski definition) is 3. The highest BCUT2D eigenvalue weighted by molar-refractivity contribution is 6.30. The number of halogens is 1. The lowest BCUT2D eigenvalue weighted by molar-refractivity contribution is -0.129. The Labute approximate surface area is 174 Å². The van der Waals surface area contributed by atoms with Crippen LogP contribution in [0.25, 0.3) is 0 Å². The van der Waals surface area contributed by atoms with Crippen LogP contribution >= 0.6 is 11.6 Å². The molecule has 0 saturated heterocycles. The van der Waals surface area contributed by atoms with Crippen LogP contribution in [0.5, 0.6) is 0 Å². The number of carbonyl (C=O) groups excluding carboxylic acids is 3. The van der Waals surface area contributed by atoms with Gasteiger partial charge in [-0.2, -0.15) is 0 Å². The number of rotatable bonds is 4. The van der Waals surface area contributed by atoms with E-state index in [2.05, 4.69) is 10.6 Å².